The predicted octanol–water partition coefficient (Wildman–Crippen LogP) is 3.60. The predicted molar refractivity (Wildman–Crippen MR) is 87.1 cm³/mol. The summed E-state index contributed by atoms with van der Waals surface area (Å²) in [7, 11) is 0. The summed E-state index contributed by atoms with van der Waals surface area (Å²) < 4.78 is 5.54. The van der Waals surface area contributed by atoms with Crippen molar-refractivity contribution in [2.75, 3.05) is 0 Å². The number of amides is 1. The lowest BCUT2D eigenvalue weighted by molar-refractivity contribution is -0.118. The quantitative estimate of drug-likeness (QED) is 0.918. The van der Waals surface area contributed by atoms with Gasteiger partial charge >= 0.3 is 6.09 Å². The Bertz CT molecular complexity index is 684. The van der Waals surface area contributed by atoms with E-state index in [1.165, 1.54) is 0 Å². The maximum Gasteiger partial charge on any atom is 0.408 e. The molecule has 118 valence electrons. The van der Waals surface area contributed by atoms with Crippen LogP contribution in [0.3, 0.4) is 0 Å². The number of hydrogen-bond acceptors (Lipinski definition) is 3. The highest BCUT2D eigenvalue weighted by Gasteiger charge is 2.41. The Morgan fingerprint density at radius 1 is 1.09 bits per heavy atom. The first-order valence-electron chi connectivity index (χ1n) is 7.71. The van der Waals surface area contributed by atoms with E-state index in [2.05, 4.69) is 5.32 Å². The second-order valence-corrected chi connectivity index (χ2v) is 5.83. The van der Waals surface area contributed by atoms with E-state index in [0.717, 1.165) is 11.1 Å². The molecule has 23 heavy (non-hydrogen) atoms. The van der Waals surface area contributed by atoms with Crippen molar-refractivity contribution in [1.82, 2.24) is 5.32 Å². The molecular weight excluding hydrogens is 290 g/mol. The molecule has 0 spiro atoms. The van der Waals surface area contributed by atoms with E-state index < -0.39 is 12.2 Å². The molecule has 3 atom stereocenters. The van der Waals surface area contributed by atoms with Gasteiger partial charge in [0, 0.05) is 12.3 Å². The molecular formula is C19H19NO3. The maximum absolute atomic E-state index is 11.8. The van der Waals surface area contributed by atoms with Gasteiger partial charge in [-0.25, -0.2) is 4.79 Å². The molecule has 0 saturated carbocycles. The molecule has 1 aliphatic rings. The molecule has 0 aromatic heterocycles. The lowest BCUT2D eigenvalue weighted by Crippen LogP contribution is -2.29. The monoisotopic (exact) mass is 309 g/mol. The van der Waals surface area contributed by atoms with Crippen LogP contribution in [0.4, 0.5) is 4.79 Å². The third-order valence-corrected chi connectivity index (χ3v) is 4.14. The van der Waals surface area contributed by atoms with Crippen LogP contribution in [0.1, 0.15) is 36.4 Å². The fourth-order valence-electron chi connectivity index (χ4n) is 3.12. The number of nitrogens with one attached hydrogen (secondary N) is 1. The zero-order chi connectivity index (χ0) is 16.2. The number of cyclic esters (lactones) is 1. The number of benzene rings is 2. The summed E-state index contributed by atoms with van der Waals surface area (Å²) in [4.78, 5) is 23.6. The number of carbonyl (C=O) groups is 2. The Hall–Kier alpha value is -2.62. The highest BCUT2D eigenvalue weighted by molar-refractivity contribution is 5.77. The Balaban J connectivity index is 1.96. The molecule has 1 heterocycles. The summed E-state index contributed by atoms with van der Waals surface area (Å²) in [6.07, 6.45) is -0.503. The van der Waals surface area contributed by atoms with Gasteiger partial charge in [0.25, 0.3) is 0 Å². The molecule has 1 N–H and O–H groups in total. The minimum atomic E-state index is -0.437. The van der Waals surface area contributed by atoms with Gasteiger partial charge in [0.15, 0.2) is 0 Å². The number of ether oxygens (including phenoxy) is 1. The molecule has 2 aromatic rings. The topological polar surface area (TPSA) is 55.4 Å². The molecule has 1 saturated heterocycles. The van der Waals surface area contributed by atoms with E-state index in [9.17, 15) is 9.59 Å². The zero-order valence-electron chi connectivity index (χ0n) is 12.9. The molecule has 3 rings (SSSR count). The fraction of sp³-hybridized carbons (Fsp3) is 0.263. The normalized spacial score (nSPS) is 21.3. The van der Waals surface area contributed by atoms with Crippen molar-refractivity contribution in [1.29, 1.82) is 0 Å². The average Bonchev–Trinajstić information content (AvgIpc) is 2.96. The Morgan fingerprint density at radius 3 is 2.30 bits per heavy atom. The van der Waals surface area contributed by atoms with Crippen LogP contribution in [0.2, 0.25) is 0 Å². The van der Waals surface area contributed by atoms with Gasteiger partial charge in [-0.3, -0.25) is 0 Å². The molecule has 2 aromatic carbocycles. The van der Waals surface area contributed by atoms with Gasteiger partial charge in [0.2, 0.25) is 0 Å². The molecule has 0 radical (unpaired) electrons. The number of alkyl carbamates (subject to hydrolysis) is 1. The van der Waals surface area contributed by atoms with Gasteiger partial charge in [0.05, 0.1) is 6.04 Å². The first-order valence-corrected chi connectivity index (χ1v) is 7.71. The Kier molecular flexibility index (Phi) is 4.42. The summed E-state index contributed by atoms with van der Waals surface area (Å²) in [5, 5.41) is 2.87. The summed E-state index contributed by atoms with van der Waals surface area (Å²) >= 11 is 0. The lowest BCUT2D eigenvalue weighted by Gasteiger charge is -2.26. The van der Waals surface area contributed by atoms with Crippen LogP contribution < -0.4 is 5.32 Å². The first kappa shape index (κ1) is 15.3. The summed E-state index contributed by atoms with van der Waals surface area (Å²) in [5.41, 5.74) is 1.98. The SMILES string of the molecule is CC(=O)CC(c1ccccc1)C1OC(=O)NC1c1ccccc1. The van der Waals surface area contributed by atoms with Crippen molar-refractivity contribution in [3.8, 4) is 0 Å². The van der Waals surface area contributed by atoms with Crippen molar-refractivity contribution in [3.63, 3.8) is 0 Å². The molecule has 1 aliphatic heterocycles. The summed E-state index contributed by atoms with van der Waals surface area (Å²) in [6, 6.07) is 19.2. The van der Waals surface area contributed by atoms with Gasteiger partial charge in [-0.15, -0.1) is 0 Å². The van der Waals surface area contributed by atoms with Gasteiger partial charge in [-0.2, -0.15) is 0 Å². The largest absolute Gasteiger partial charge is 0.443 e. The molecule has 0 bridgehead atoms. The van der Waals surface area contributed by atoms with Crippen LogP contribution in [-0.4, -0.2) is 18.0 Å². The zero-order valence-corrected chi connectivity index (χ0v) is 12.9. The van der Waals surface area contributed by atoms with E-state index >= 15 is 0 Å². The van der Waals surface area contributed by atoms with Crippen LogP contribution in [0.15, 0.2) is 60.7 Å². The van der Waals surface area contributed by atoms with Crippen LogP contribution in [0.25, 0.3) is 0 Å². The molecule has 4 heteroatoms. The molecule has 3 unspecified atom stereocenters. The van der Waals surface area contributed by atoms with E-state index in [1.54, 1.807) is 6.92 Å². The van der Waals surface area contributed by atoms with Gasteiger partial charge in [-0.05, 0) is 18.1 Å². The Morgan fingerprint density at radius 2 is 1.70 bits per heavy atom. The number of hydrogen-bond donors (Lipinski definition) is 1. The van der Waals surface area contributed by atoms with Gasteiger partial charge in [0.1, 0.15) is 11.9 Å². The van der Waals surface area contributed by atoms with Crippen LogP contribution in [0, 0.1) is 0 Å². The summed E-state index contributed by atoms with van der Waals surface area (Å²) in [6.45, 7) is 1.57. The molecule has 0 aliphatic carbocycles. The lowest BCUT2D eigenvalue weighted by atomic mass is 9.84. The number of carbonyl (C=O) groups excluding carboxylic acids is 2. The van der Waals surface area contributed by atoms with Crippen molar-refractivity contribution < 1.29 is 14.3 Å². The minimum absolute atomic E-state index is 0.0774. The van der Waals surface area contributed by atoms with Crippen LogP contribution in [0.5, 0.6) is 0 Å². The number of Topliss-reactive ketones (excluding diaryl/α,β-unsaturated/α-hetero) is 1. The van der Waals surface area contributed by atoms with Gasteiger partial charge in [-0.1, -0.05) is 60.7 Å². The van der Waals surface area contributed by atoms with Crippen molar-refractivity contribution in [2.45, 2.75) is 31.4 Å². The van der Waals surface area contributed by atoms with Crippen molar-refractivity contribution in [3.05, 3.63) is 71.8 Å². The van der Waals surface area contributed by atoms with Crippen molar-refractivity contribution in [2.24, 2.45) is 0 Å². The van der Waals surface area contributed by atoms with Crippen LogP contribution >= 0.6 is 0 Å². The average molecular weight is 309 g/mol. The van der Waals surface area contributed by atoms with E-state index in [0.29, 0.717) is 6.42 Å². The molecule has 4 nitrogen and oxygen atoms in total. The third kappa shape index (κ3) is 3.42. The number of ketones is 1. The van der Waals surface area contributed by atoms with E-state index in [-0.39, 0.29) is 17.7 Å². The summed E-state index contributed by atoms with van der Waals surface area (Å²) in [5.74, 6) is -0.0912. The smallest absolute Gasteiger partial charge is 0.408 e. The molecule has 1 fully saturated rings. The minimum Gasteiger partial charge on any atom is -0.443 e. The Labute approximate surface area is 135 Å². The van der Waals surface area contributed by atoms with Crippen molar-refractivity contribution >= 4 is 11.9 Å². The van der Waals surface area contributed by atoms with Gasteiger partial charge < -0.3 is 14.8 Å². The highest BCUT2D eigenvalue weighted by Crippen LogP contribution is 2.37. The highest BCUT2D eigenvalue weighted by atomic mass is 16.6. The fourth-order valence-corrected chi connectivity index (χ4v) is 3.12. The second kappa shape index (κ2) is 6.65. The third-order valence-electron chi connectivity index (χ3n) is 4.14. The van der Waals surface area contributed by atoms with E-state index in [4.69, 9.17) is 4.74 Å². The first-order chi connectivity index (χ1) is 11.1. The van der Waals surface area contributed by atoms with Crippen LogP contribution in [-0.2, 0) is 9.53 Å². The maximum atomic E-state index is 11.8. The molecule has 1 amide bonds. The number of rotatable bonds is 5. The second-order valence-electron chi connectivity index (χ2n) is 5.83. The standard InChI is InChI=1S/C19H19NO3/c1-13(21)12-16(14-8-4-2-5-9-14)18-17(20-19(22)23-18)15-10-6-3-7-11-15/h2-11,16-18H,12H2,1H3,(H,20,22). The van der Waals surface area contributed by atoms with E-state index in [1.807, 2.05) is 60.7 Å².